The molecule has 2 aromatic rings. The van der Waals surface area contributed by atoms with Crippen LogP contribution in [0.2, 0.25) is 0 Å². The van der Waals surface area contributed by atoms with Gasteiger partial charge in [-0.25, -0.2) is 4.68 Å². The van der Waals surface area contributed by atoms with Crippen molar-refractivity contribution in [1.29, 1.82) is 0 Å². The Kier molecular flexibility index (Phi) is 3.28. The maximum atomic E-state index is 10.7. The first-order chi connectivity index (χ1) is 8.54. The van der Waals surface area contributed by atoms with Gasteiger partial charge >= 0.3 is 0 Å². The van der Waals surface area contributed by atoms with Crippen molar-refractivity contribution < 1.29 is 4.92 Å². The van der Waals surface area contributed by atoms with Crippen molar-refractivity contribution in [1.82, 2.24) is 15.0 Å². The number of hydrogen-bond acceptors (Lipinski definition) is 5. The zero-order valence-corrected chi connectivity index (χ0v) is 11.1. The second-order valence-corrected chi connectivity index (χ2v) is 4.43. The van der Waals surface area contributed by atoms with Crippen LogP contribution < -0.4 is 5.73 Å². The van der Waals surface area contributed by atoms with Crippen LogP contribution in [0, 0.1) is 10.1 Å². The van der Waals surface area contributed by atoms with Gasteiger partial charge in [0.15, 0.2) is 5.82 Å². The van der Waals surface area contributed by atoms with Gasteiger partial charge in [0, 0.05) is 6.07 Å². The summed E-state index contributed by atoms with van der Waals surface area (Å²) in [7, 11) is 0. The third-order valence-electron chi connectivity index (χ3n) is 2.50. The van der Waals surface area contributed by atoms with E-state index < -0.39 is 4.92 Å². The Labute approximate surface area is 111 Å². The predicted molar refractivity (Wildman–Crippen MR) is 69.5 cm³/mol. The molecule has 1 aromatic carbocycles. The van der Waals surface area contributed by atoms with E-state index in [0.29, 0.717) is 22.4 Å². The fourth-order valence-corrected chi connectivity index (χ4v) is 2.14. The number of benzene rings is 1. The van der Waals surface area contributed by atoms with Gasteiger partial charge in [-0.05, 0) is 34.5 Å². The minimum absolute atomic E-state index is 0.00452. The average Bonchev–Trinajstić information content (AvgIpc) is 2.69. The van der Waals surface area contributed by atoms with Gasteiger partial charge in [-0.15, -0.1) is 5.10 Å². The standard InChI is InChI=1S/C10H10BrN5O2/c1-2-8-10(12)13-14-15(8)6-3-4-9(16(17)18)7(11)5-6/h3-5H,2,12H2,1H3. The van der Waals surface area contributed by atoms with Crippen LogP contribution in [-0.4, -0.2) is 19.9 Å². The molecule has 0 aliphatic carbocycles. The van der Waals surface area contributed by atoms with Crippen LogP contribution in [0.15, 0.2) is 22.7 Å². The number of nitro benzene ring substituents is 1. The zero-order valence-electron chi connectivity index (χ0n) is 9.50. The summed E-state index contributed by atoms with van der Waals surface area (Å²) < 4.78 is 1.96. The van der Waals surface area contributed by atoms with E-state index in [1.165, 1.54) is 6.07 Å². The Balaban J connectivity index is 2.52. The van der Waals surface area contributed by atoms with Crippen molar-refractivity contribution in [2.24, 2.45) is 0 Å². The molecule has 0 atom stereocenters. The summed E-state index contributed by atoms with van der Waals surface area (Å²) in [5.41, 5.74) is 7.14. The van der Waals surface area contributed by atoms with Crippen molar-refractivity contribution in [3.05, 3.63) is 38.5 Å². The predicted octanol–water partition coefficient (Wildman–Crippen LogP) is 2.08. The van der Waals surface area contributed by atoms with Gasteiger partial charge in [-0.1, -0.05) is 12.1 Å². The molecule has 0 aliphatic rings. The molecule has 0 saturated heterocycles. The Hall–Kier alpha value is -1.96. The molecule has 0 spiro atoms. The van der Waals surface area contributed by atoms with E-state index in [-0.39, 0.29) is 5.69 Å². The molecule has 1 aromatic heterocycles. The number of hydrogen-bond donors (Lipinski definition) is 1. The first kappa shape index (κ1) is 12.5. The van der Waals surface area contributed by atoms with Crippen LogP contribution in [0.5, 0.6) is 0 Å². The molecule has 0 radical (unpaired) electrons. The molecular formula is C10H10BrN5O2. The van der Waals surface area contributed by atoms with Crippen LogP contribution >= 0.6 is 15.9 Å². The molecule has 0 aliphatic heterocycles. The second kappa shape index (κ2) is 4.73. The Morgan fingerprint density at radius 3 is 2.83 bits per heavy atom. The lowest BCUT2D eigenvalue weighted by molar-refractivity contribution is -0.385. The Morgan fingerprint density at radius 1 is 1.56 bits per heavy atom. The second-order valence-electron chi connectivity index (χ2n) is 3.58. The lowest BCUT2D eigenvalue weighted by Crippen LogP contribution is -2.03. The van der Waals surface area contributed by atoms with Gasteiger partial charge in [0.25, 0.3) is 5.69 Å². The summed E-state index contributed by atoms with van der Waals surface area (Å²) in [6.45, 7) is 1.94. The summed E-state index contributed by atoms with van der Waals surface area (Å²) in [6.07, 6.45) is 0.674. The first-order valence-electron chi connectivity index (χ1n) is 5.19. The third-order valence-corrected chi connectivity index (χ3v) is 3.14. The molecule has 1 heterocycles. The van der Waals surface area contributed by atoms with E-state index in [9.17, 15) is 10.1 Å². The Morgan fingerprint density at radius 2 is 2.28 bits per heavy atom. The molecule has 18 heavy (non-hydrogen) atoms. The SMILES string of the molecule is CCc1c(N)nnn1-c1ccc([N+](=O)[O-])c(Br)c1. The monoisotopic (exact) mass is 311 g/mol. The lowest BCUT2D eigenvalue weighted by atomic mass is 10.2. The lowest BCUT2D eigenvalue weighted by Gasteiger charge is -2.05. The largest absolute Gasteiger partial charge is 0.381 e. The highest BCUT2D eigenvalue weighted by Crippen LogP contribution is 2.27. The molecule has 0 saturated carbocycles. The van der Waals surface area contributed by atoms with E-state index in [4.69, 9.17) is 5.73 Å². The third kappa shape index (κ3) is 2.06. The fraction of sp³-hybridized carbons (Fsp3) is 0.200. The van der Waals surface area contributed by atoms with E-state index >= 15 is 0 Å². The smallest absolute Gasteiger partial charge is 0.283 e. The molecule has 0 amide bonds. The van der Waals surface area contributed by atoms with Gasteiger partial charge in [-0.2, -0.15) is 0 Å². The minimum atomic E-state index is -0.454. The van der Waals surface area contributed by atoms with E-state index in [0.717, 1.165) is 5.69 Å². The maximum absolute atomic E-state index is 10.7. The highest BCUT2D eigenvalue weighted by molar-refractivity contribution is 9.10. The number of nitrogens with zero attached hydrogens (tertiary/aromatic N) is 4. The van der Waals surface area contributed by atoms with Crippen molar-refractivity contribution in [2.75, 3.05) is 5.73 Å². The molecular weight excluding hydrogens is 302 g/mol. The molecule has 94 valence electrons. The topological polar surface area (TPSA) is 99.9 Å². The summed E-state index contributed by atoms with van der Waals surface area (Å²) in [5, 5.41) is 18.4. The molecule has 8 heteroatoms. The number of anilines is 1. The number of nitrogens with two attached hydrogens (primary N) is 1. The van der Waals surface area contributed by atoms with Gasteiger partial charge in [0.1, 0.15) is 0 Å². The van der Waals surface area contributed by atoms with Crippen LogP contribution in [-0.2, 0) is 6.42 Å². The van der Waals surface area contributed by atoms with Gasteiger partial charge < -0.3 is 5.73 Å². The number of nitro groups is 1. The highest BCUT2D eigenvalue weighted by Gasteiger charge is 2.15. The van der Waals surface area contributed by atoms with Crippen molar-refractivity contribution in [3.8, 4) is 5.69 Å². The molecule has 2 rings (SSSR count). The maximum Gasteiger partial charge on any atom is 0.283 e. The van der Waals surface area contributed by atoms with E-state index in [1.807, 2.05) is 6.92 Å². The number of rotatable bonds is 3. The summed E-state index contributed by atoms with van der Waals surface area (Å²) >= 11 is 3.16. The molecule has 0 fully saturated rings. The highest BCUT2D eigenvalue weighted by atomic mass is 79.9. The molecule has 0 unspecified atom stereocenters. The first-order valence-corrected chi connectivity index (χ1v) is 5.98. The quantitative estimate of drug-likeness (QED) is 0.691. The van der Waals surface area contributed by atoms with Crippen LogP contribution in [0.4, 0.5) is 11.5 Å². The molecule has 0 bridgehead atoms. The summed E-state index contributed by atoms with van der Waals surface area (Å²) in [4.78, 5) is 10.3. The normalized spacial score (nSPS) is 10.6. The fourth-order valence-electron chi connectivity index (χ4n) is 1.63. The van der Waals surface area contributed by atoms with Crippen molar-refractivity contribution in [2.45, 2.75) is 13.3 Å². The average molecular weight is 312 g/mol. The van der Waals surface area contributed by atoms with E-state index in [1.54, 1.807) is 16.8 Å². The number of aromatic nitrogens is 3. The summed E-state index contributed by atoms with van der Waals surface area (Å²) in [5.74, 6) is 0.368. The van der Waals surface area contributed by atoms with Crippen molar-refractivity contribution in [3.63, 3.8) is 0 Å². The van der Waals surface area contributed by atoms with Crippen LogP contribution in [0.25, 0.3) is 5.69 Å². The minimum Gasteiger partial charge on any atom is -0.381 e. The Bertz CT molecular complexity index is 610. The number of nitrogen functional groups attached to an aromatic ring is 1. The molecule has 7 nitrogen and oxygen atoms in total. The van der Waals surface area contributed by atoms with Crippen molar-refractivity contribution >= 4 is 27.4 Å². The van der Waals surface area contributed by atoms with Gasteiger partial charge in [-0.3, -0.25) is 10.1 Å². The van der Waals surface area contributed by atoms with E-state index in [2.05, 4.69) is 26.2 Å². The molecule has 2 N–H and O–H groups in total. The van der Waals surface area contributed by atoms with Gasteiger partial charge in [0.2, 0.25) is 0 Å². The zero-order chi connectivity index (χ0) is 13.3. The number of halogens is 1. The summed E-state index contributed by atoms with van der Waals surface area (Å²) in [6, 6.07) is 4.64. The van der Waals surface area contributed by atoms with Crippen LogP contribution in [0.3, 0.4) is 0 Å². The van der Waals surface area contributed by atoms with Gasteiger partial charge in [0.05, 0.1) is 20.8 Å². The van der Waals surface area contributed by atoms with Crippen LogP contribution in [0.1, 0.15) is 12.6 Å².